The summed E-state index contributed by atoms with van der Waals surface area (Å²) in [7, 11) is 0. The average molecular weight is 242 g/mol. The van der Waals surface area contributed by atoms with Gasteiger partial charge in [-0.25, -0.2) is 0 Å². The summed E-state index contributed by atoms with van der Waals surface area (Å²) in [6, 6.07) is 0. The molecule has 0 saturated heterocycles. The first kappa shape index (κ1) is 14.0. The van der Waals surface area contributed by atoms with Gasteiger partial charge in [0.15, 0.2) is 0 Å². The van der Waals surface area contributed by atoms with E-state index in [-0.39, 0.29) is 5.54 Å². The lowest BCUT2D eigenvalue weighted by molar-refractivity contribution is 0.0965. The van der Waals surface area contributed by atoms with E-state index in [4.69, 9.17) is 13.9 Å². The van der Waals surface area contributed by atoms with Crippen molar-refractivity contribution in [1.29, 1.82) is 0 Å². The molecule has 17 heavy (non-hydrogen) atoms. The third-order valence-electron chi connectivity index (χ3n) is 1.99. The smallest absolute Gasteiger partial charge is 0.393 e. The molecule has 98 valence electrons. The van der Waals surface area contributed by atoms with Gasteiger partial charge in [-0.1, -0.05) is 0 Å². The Labute approximate surface area is 103 Å². The highest BCUT2D eigenvalue weighted by Crippen LogP contribution is 2.11. The average Bonchev–Trinajstić information content (AvgIpc) is 2.69. The van der Waals surface area contributed by atoms with Crippen LogP contribution in [0.2, 0.25) is 0 Å². The Morgan fingerprint density at radius 1 is 1.35 bits per heavy atom. The molecule has 1 N–H and O–H groups in total. The van der Waals surface area contributed by atoms with Crippen molar-refractivity contribution in [1.82, 2.24) is 10.3 Å². The SMILES string of the molecule is CCOCCOc1nc(CNC(C)(C)C)co1. The van der Waals surface area contributed by atoms with Crippen molar-refractivity contribution in [2.75, 3.05) is 19.8 Å². The summed E-state index contributed by atoms with van der Waals surface area (Å²) >= 11 is 0. The standard InChI is InChI=1S/C12H22N2O3/c1-5-15-6-7-16-11-14-10(9-17-11)8-13-12(2,3)4/h9,13H,5-8H2,1-4H3. The molecular weight excluding hydrogens is 220 g/mol. The Kier molecular flexibility index (Phi) is 5.44. The third-order valence-corrected chi connectivity index (χ3v) is 1.99. The molecule has 1 aromatic rings. The van der Waals surface area contributed by atoms with Crippen molar-refractivity contribution >= 4 is 0 Å². The molecule has 0 spiro atoms. The van der Waals surface area contributed by atoms with Crippen LogP contribution in [-0.2, 0) is 11.3 Å². The molecule has 0 fully saturated rings. The van der Waals surface area contributed by atoms with Crippen LogP contribution in [0, 0.1) is 0 Å². The van der Waals surface area contributed by atoms with Gasteiger partial charge in [0.25, 0.3) is 0 Å². The summed E-state index contributed by atoms with van der Waals surface area (Å²) in [5.74, 6) is 0. The zero-order valence-electron chi connectivity index (χ0n) is 11.1. The van der Waals surface area contributed by atoms with E-state index in [1.54, 1.807) is 6.26 Å². The molecule has 0 unspecified atom stereocenters. The summed E-state index contributed by atoms with van der Waals surface area (Å²) in [6.45, 7) is 10.6. The van der Waals surface area contributed by atoms with E-state index in [0.29, 0.717) is 32.4 Å². The second-order valence-corrected chi connectivity index (χ2v) is 4.75. The Morgan fingerprint density at radius 3 is 2.76 bits per heavy atom. The second kappa shape index (κ2) is 6.61. The minimum atomic E-state index is 0.0644. The number of hydrogen-bond donors (Lipinski definition) is 1. The van der Waals surface area contributed by atoms with Crippen molar-refractivity contribution in [2.45, 2.75) is 39.8 Å². The minimum Gasteiger partial charge on any atom is -0.448 e. The molecule has 0 aliphatic rings. The first-order chi connectivity index (χ1) is 8.01. The van der Waals surface area contributed by atoms with Gasteiger partial charge in [0, 0.05) is 18.7 Å². The molecule has 0 aliphatic carbocycles. The second-order valence-electron chi connectivity index (χ2n) is 4.75. The Hall–Kier alpha value is -1.07. The number of nitrogens with zero attached hydrogens (tertiary/aromatic N) is 1. The summed E-state index contributed by atoms with van der Waals surface area (Å²) in [5, 5.41) is 3.33. The van der Waals surface area contributed by atoms with Crippen LogP contribution >= 0.6 is 0 Å². The summed E-state index contributed by atoms with van der Waals surface area (Å²) in [5.41, 5.74) is 0.904. The normalized spacial score (nSPS) is 11.8. The topological polar surface area (TPSA) is 56.5 Å². The number of aromatic nitrogens is 1. The van der Waals surface area contributed by atoms with E-state index in [1.807, 2.05) is 6.92 Å². The summed E-state index contributed by atoms with van der Waals surface area (Å²) in [6.07, 6.45) is 1.91. The fourth-order valence-electron chi connectivity index (χ4n) is 1.12. The van der Waals surface area contributed by atoms with Gasteiger partial charge < -0.3 is 19.2 Å². The van der Waals surface area contributed by atoms with Gasteiger partial charge in [0.2, 0.25) is 0 Å². The summed E-state index contributed by atoms with van der Waals surface area (Å²) < 4.78 is 15.6. The van der Waals surface area contributed by atoms with E-state index in [2.05, 4.69) is 31.1 Å². The molecule has 0 atom stereocenters. The van der Waals surface area contributed by atoms with Crippen LogP contribution in [-0.4, -0.2) is 30.3 Å². The predicted molar refractivity (Wildman–Crippen MR) is 65.1 cm³/mol. The third kappa shape index (κ3) is 6.28. The molecule has 5 nitrogen and oxygen atoms in total. The number of nitrogens with one attached hydrogen (secondary N) is 1. The summed E-state index contributed by atoms with van der Waals surface area (Å²) in [4.78, 5) is 4.20. The van der Waals surface area contributed by atoms with E-state index in [1.165, 1.54) is 0 Å². The lowest BCUT2D eigenvalue weighted by Gasteiger charge is -2.19. The Balaban J connectivity index is 2.28. The van der Waals surface area contributed by atoms with Gasteiger partial charge >= 0.3 is 6.08 Å². The van der Waals surface area contributed by atoms with E-state index < -0.39 is 0 Å². The van der Waals surface area contributed by atoms with E-state index in [0.717, 1.165) is 5.69 Å². The monoisotopic (exact) mass is 242 g/mol. The van der Waals surface area contributed by atoms with Gasteiger partial charge in [-0.05, 0) is 27.7 Å². The predicted octanol–water partition coefficient (Wildman–Crippen LogP) is 1.98. The fourth-order valence-corrected chi connectivity index (χ4v) is 1.12. The molecule has 0 radical (unpaired) electrons. The van der Waals surface area contributed by atoms with Gasteiger partial charge in [0.1, 0.15) is 12.9 Å². The number of oxazole rings is 1. The maximum absolute atomic E-state index is 5.29. The maximum Gasteiger partial charge on any atom is 0.393 e. The van der Waals surface area contributed by atoms with Crippen LogP contribution in [0.4, 0.5) is 0 Å². The minimum absolute atomic E-state index is 0.0644. The largest absolute Gasteiger partial charge is 0.448 e. The molecule has 1 aromatic heterocycles. The van der Waals surface area contributed by atoms with Crippen LogP contribution in [0.25, 0.3) is 0 Å². The van der Waals surface area contributed by atoms with Crippen LogP contribution in [0.1, 0.15) is 33.4 Å². The van der Waals surface area contributed by atoms with Crippen LogP contribution in [0.5, 0.6) is 6.08 Å². The molecule has 0 amide bonds. The van der Waals surface area contributed by atoms with Gasteiger partial charge in [0.05, 0.1) is 12.3 Å². The maximum atomic E-state index is 5.29. The molecule has 0 bridgehead atoms. The number of hydrogen-bond acceptors (Lipinski definition) is 5. The molecule has 1 heterocycles. The number of ether oxygens (including phenoxy) is 2. The number of rotatable bonds is 7. The quantitative estimate of drug-likeness (QED) is 0.741. The van der Waals surface area contributed by atoms with Gasteiger partial charge in [-0.3, -0.25) is 0 Å². The van der Waals surface area contributed by atoms with Crippen molar-refractivity contribution < 1.29 is 13.9 Å². The zero-order valence-corrected chi connectivity index (χ0v) is 11.1. The van der Waals surface area contributed by atoms with Crippen molar-refractivity contribution in [2.24, 2.45) is 0 Å². The molecule has 0 aromatic carbocycles. The van der Waals surface area contributed by atoms with Gasteiger partial charge in [-0.2, -0.15) is 4.98 Å². The van der Waals surface area contributed by atoms with Crippen molar-refractivity contribution in [3.8, 4) is 6.08 Å². The highest BCUT2D eigenvalue weighted by Gasteiger charge is 2.11. The first-order valence-electron chi connectivity index (χ1n) is 5.91. The highest BCUT2D eigenvalue weighted by molar-refractivity contribution is 5.00. The van der Waals surface area contributed by atoms with Crippen LogP contribution in [0.3, 0.4) is 0 Å². The van der Waals surface area contributed by atoms with Crippen molar-refractivity contribution in [3.63, 3.8) is 0 Å². The van der Waals surface area contributed by atoms with Gasteiger partial charge in [-0.15, -0.1) is 0 Å². The van der Waals surface area contributed by atoms with E-state index >= 15 is 0 Å². The van der Waals surface area contributed by atoms with E-state index in [9.17, 15) is 0 Å². The Morgan fingerprint density at radius 2 is 2.12 bits per heavy atom. The zero-order chi connectivity index (χ0) is 12.7. The lowest BCUT2D eigenvalue weighted by atomic mass is 10.1. The molecule has 5 heteroatoms. The van der Waals surface area contributed by atoms with Crippen molar-refractivity contribution in [3.05, 3.63) is 12.0 Å². The fraction of sp³-hybridized carbons (Fsp3) is 0.750. The molecular formula is C12H22N2O3. The lowest BCUT2D eigenvalue weighted by Crippen LogP contribution is -2.35. The molecule has 0 aliphatic heterocycles. The highest BCUT2D eigenvalue weighted by atomic mass is 16.6. The molecule has 0 saturated carbocycles. The first-order valence-corrected chi connectivity index (χ1v) is 5.91. The molecule has 1 rings (SSSR count). The van der Waals surface area contributed by atoms with Crippen LogP contribution in [0.15, 0.2) is 10.7 Å². The van der Waals surface area contributed by atoms with Crippen LogP contribution < -0.4 is 10.1 Å². The Bertz CT molecular complexity index is 318.